The minimum absolute atomic E-state index is 0.0384. The van der Waals surface area contributed by atoms with E-state index in [1.165, 1.54) is 0 Å². The number of amides is 1. The topological polar surface area (TPSA) is 40.5 Å². The van der Waals surface area contributed by atoms with Crippen molar-refractivity contribution in [1.29, 1.82) is 0 Å². The Balaban J connectivity index is 2.03. The van der Waals surface area contributed by atoms with Gasteiger partial charge in [0, 0.05) is 25.4 Å². The number of carbonyl (C=O) groups excluding carboxylic acids is 1. The quantitative estimate of drug-likeness (QED) is 0.864. The van der Waals surface area contributed by atoms with E-state index in [0.29, 0.717) is 13.0 Å². The van der Waals surface area contributed by atoms with E-state index in [1.807, 2.05) is 35.2 Å². The van der Waals surface area contributed by atoms with E-state index in [2.05, 4.69) is 6.92 Å². The molecule has 0 aromatic heterocycles. The second kappa shape index (κ2) is 5.32. The number of aliphatic hydroxyl groups excluding tert-OH is 1. The fourth-order valence-electron chi connectivity index (χ4n) is 2.42. The van der Waals surface area contributed by atoms with Crippen LogP contribution in [0.4, 0.5) is 0 Å². The number of benzene rings is 1. The van der Waals surface area contributed by atoms with E-state index in [-0.39, 0.29) is 11.8 Å². The van der Waals surface area contributed by atoms with Crippen molar-refractivity contribution in [2.75, 3.05) is 13.1 Å². The van der Waals surface area contributed by atoms with Crippen LogP contribution >= 0.6 is 0 Å². The largest absolute Gasteiger partial charge is 0.388 e. The monoisotopic (exact) mass is 233 g/mol. The predicted octanol–water partition coefficient (Wildman–Crippen LogP) is 1.98. The van der Waals surface area contributed by atoms with Crippen molar-refractivity contribution in [3.63, 3.8) is 0 Å². The summed E-state index contributed by atoms with van der Waals surface area (Å²) >= 11 is 0. The first-order chi connectivity index (χ1) is 8.22. The van der Waals surface area contributed by atoms with Gasteiger partial charge in [-0.2, -0.15) is 0 Å². The molecule has 0 bridgehead atoms. The Morgan fingerprint density at radius 3 is 2.76 bits per heavy atom. The van der Waals surface area contributed by atoms with E-state index in [1.54, 1.807) is 0 Å². The van der Waals surface area contributed by atoms with Crippen LogP contribution in [-0.2, 0) is 4.79 Å². The number of carbonyl (C=O) groups is 1. The van der Waals surface area contributed by atoms with Crippen LogP contribution in [0.2, 0.25) is 0 Å². The minimum atomic E-state index is -0.526. The first-order valence-electron chi connectivity index (χ1n) is 6.23. The average Bonchev–Trinajstić information content (AvgIpc) is 2.72. The normalized spacial score (nSPS) is 21.9. The molecule has 1 saturated heterocycles. The molecule has 1 aliphatic rings. The number of aliphatic hydroxyl groups is 1. The molecule has 1 fully saturated rings. The Kier molecular flexibility index (Phi) is 3.79. The van der Waals surface area contributed by atoms with Crippen molar-refractivity contribution in [3.05, 3.63) is 35.9 Å². The summed E-state index contributed by atoms with van der Waals surface area (Å²) in [7, 11) is 0. The van der Waals surface area contributed by atoms with Crippen LogP contribution in [0.1, 0.15) is 31.4 Å². The van der Waals surface area contributed by atoms with Gasteiger partial charge in [0.1, 0.15) is 0 Å². The Hall–Kier alpha value is -1.35. The molecule has 1 heterocycles. The number of hydrogen-bond donors (Lipinski definition) is 1. The highest BCUT2D eigenvalue weighted by Gasteiger charge is 2.34. The molecule has 0 saturated carbocycles. The van der Waals surface area contributed by atoms with E-state index in [4.69, 9.17) is 0 Å². The van der Waals surface area contributed by atoms with E-state index < -0.39 is 6.10 Å². The zero-order valence-electron chi connectivity index (χ0n) is 10.2. The summed E-state index contributed by atoms with van der Waals surface area (Å²) in [4.78, 5) is 13.6. The lowest BCUT2D eigenvalue weighted by atomic mass is 9.95. The molecule has 3 heteroatoms. The van der Waals surface area contributed by atoms with Crippen LogP contribution < -0.4 is 0 Å². The molecule has 0 aliphatic carbocycles. The van der Waals surface area contributed by atoms with Gasteiger partial charge in [-0.3, -0.25) is 4.79 Å². The molecule has 2 rings (SSSR count). The van der Waals surface area contributed by atoms with Crippen LogP contribution in [0.25, 0.3) is 0 Å². The Labute approximate surface area is 102 Å². The minimum Gasteiger partial charge on any atom is -0.388 e. The molecule has 2 unspecified atom stereocenters. The number of rotatable bonds is 4. The SMILES string of the molecule is CCCN1CC(C(O)c2ccccc2)CC1=O. The predicted molar refractivity (Wildman–Crippen MR) is 66.4 cm³/mol. The summed E-state index contributed by atoms with van der Waals surface area (Å²) in [5, 5.41) is 10.2. The second-order valence-electron chi connectivity index (χ2n) is 4.66. The molecule has 17 heavy (non-hydrogen) atoms. The van der Waals surface area contributed by atoms with Gasteiger partial charge >= 0.3 is 0 Å². The second-order valence-corrected chi connectivity index (χ2v) is 4.66. The lowest BCUT2D eigenvalue weighted by Crippen LogP contribution is -2.26. The smallest absolute Gasteiger partial charge is 0.223 e. The molecule has 92 valence electrons. The molecule has 0 spiro atoms. The van der Waals surface area contributed by atoms with Crippen LogP contribution in [-0.4, -0.2) is 29.0 Å². The standard InChI is InChI=1S/C14H19NO2/c1-2-8-15-10-12(9-13(15)16)14(17)11-6-4-3-5-7-11/h3-7,12,14,17H,2,8-10H2,1H3. The van der Waals surface area contributed by atoms with Crippen molar-refractivity contribution >= 4 is 5.91 Å². The van der Waals surface area contributed by atoms with Gasteiger partial charge in [-0.25, -0.2) is 0 Å². The van der Waals surface area contributed by atoms with Crippen molar-refractivity contribution in [1.82, 2.24) is 4.90 Å². The van der Waals surface area contributed by atoms with E-state index in [9.17, 15) is 9.90 Å². The number of nitrogens with zero attached hydrogens (tertiary/aromatic N) is 1. The molecule has 1 amide bonds. The summed E-state index contributed by atoms with van der Waals surface area (Å²) in [6.45, 7) is 3.55. The van der Waals surface area contributed by atoms with Gasteiger partial charge in [-0.05, 0) is 12.0 Å². The lowest BCUT2D eigenvalue weighted by Gasteiger charge is -2.19. The molecule has 1 aliphatic heterocycles. The van der Waals surface area contributed by atoms with Gasteiger partial charge in [0.05, 0.1) is 6.10 Å². The van der Waals surface area contributed by atoms with Crippen LogP contribution in [0, 0.1) is 5.92 Å². The van der Waals surface area contributed by atoms with Gasteiger partial charge in [0.25, 0.3) is 0 Å². The third kappa shape index (κ3) is 2.67. The van der Waals surface area contributed by atoms with Crippen LogP contribution in [0.3, 0.4) is 0 Å². The highest BCUT2D eigenvalue weighted by molar-refractivity contribution is 5.78. The molecule has 1 aromatic rings. The van der Waals surface area contributed by atoms with Crippen LogP contribution in [0.5, 0.6) is 0 Å². The third-order valence-corrected chi connectivity index (χ3v) is 3.33. The summed E-state index contributed by atoms with van der Waals surface area (Å²) in [6, 6.07) is 9.59. The van der Waals surface area contributed by atoms with E-state index in [0.717, 1.165) is 18.5 Å². The first-order valence-corrected chi connectivity index (χ1v) is 6.23. The van der Waals surface area contributed by atoms with Gasteiger partial charge in [0.15, 0.2) is 0 Å². The molecule has 1 aromatic carbocycles. The molecular formula is C14H19NO2. The number of likely N-dealkylation sites (tertiary alicyclic amines) is 1. The molecule has 0 radical (unpaired) electrons. The highest BCUT2D eigenvalue weighted by Crippen LogP contribution is 2.30. The number of hydrogen-bond acceptors (Lipinski definition) is 2. The summed E-state index contributed by atoms with van der Waals surface area (Å²) in [6.07, 6.45) is 0.915. The fraction of sp³-hybridized carbons (Fsp3) is 0.500. The van der Waals surface area contributed by atoms with Crippen molar-refractivity contribution < 1.29 is 9.90 Å². The van der Waals surface area contributed by atoms with Crippen molar-refractivity contribution in [2.24, 2.45) is 5.92 Å². The molecular weight excluding hydrogens is 214 g/mol. The first kappa shape index (κ1) is 12.1. The van der Waals surface area contributed by atoms with Gasteiger partial charge < -0.3 is 10.0 Å². The zero-order chi connectivity index (χ0) is 12.3. The summed E-state index contributed by atoms with van der Waals surface area (Å²) in [5.74, 6) is 0.211. The maximum absolute atomic E-state index is 11.7. The maximum atomic E-state index is 11.7. The lowest BCUT2D eigenvalue weighted by molar-refractivity contribution is -0.127. The maximum Gasteiger partial charge on any atom is 0.223 e. The third-order valence-electron chi connectivity index (χ3n) is 3.33. The summed E-state index contributed by atoms with van der Waals surface area (Å²) < 4.78 is 0. The molecule has 1 N–H and O–H groups in total. The Morgan fingerprint density at radius 2 is 2.12 bits per heavy atom. The average molecular weight is 233 g/mol. The van der Waals surface area contributed by atoms with Crippen molar-refractivity contribution in [2.45, 2.75) is 25.9 Å². The Morgan fingerprint density at radius 1 is 1.41 bits per heavy atom. The van der Waals surface area contributed by atoms with Crippen molar-refractivity contribution in [3.8, 4) is 0 Å². The Bertz CT molecular complexity index is 377. The van der Waals surface area contributed by atoms with Gasteiger partial charge in [0.2, 0.25) is 5.91 Å². The van der Waals surface area contributed by atoms with Crippen LogP contribution in [0.15, 0.2) is 30.3 Å². The van der Waals surface area contributed by atoms with Gasteiger partial charge in [-0.1, -0.05) is 37.3 Å². The van der Waals surface area contributed by atoms with Gasteiger partial charge in [-0.15, -0.1) is 0 Å². The fourth-order valence-corrected chi connectivity index (χ4v) is 2.42. The highest BCUT2D eigenvalue weighted by atomic mass is 16.3. The molecule has 2 atom stereocenters. The van der Waals surface area contributed by atoms with E-state index >= 15 is 0 Å². The molecule has 3 nitrogen and oxygen atoms in total. The zero-order valence-corrected chi connectivity index (χ0v) is 10.2. The summed E-state index contributed by atoms with van der Waals surface area (Å²) in [5.41, 5.74) is 0.906.